The summed E-state index contributed by atoms with van der Waals surface area (Å²) in [6, 6.07) is 2.98. The van der Waals surface area contributed by atoms with Crippen molar-refractivity contribution < 1.29 is 4.74 Å². The van der Waals surface area contributed by atoms with Gasteiger partial charge in [0.1, 0.15) is 5.54 Å². The number of rotatable bonds is 7. The van der Waals surface area contributed by atoms with Gasteiger partial charge < -0.3 is 15.0 Å². The molecule has 4 nitrogen and oxygen atoms in total. The summed E-state index contributed by atoms with van der Waals surface area (Å²) in [5, 5.41) is 12.4. The zero-order valence-corrected chi connectivity index (χ0v) is 11.3. The summed E-state index contributed by atoms with van der Waals surface area (Å²) < 4.78 is 5.38. The largest absolute Gasteiger partial charge is 0.380 e. The molecule has 1 aliphatic rings. The van der Waals surface area contributed by atoms with Crippen LogP contribution in [-0.4, -0.2) is 50.3 Å². The lowest BCUT2D eigenvalue weighted by Gasteiger charge is -2.27. The summed E-state index contributed by atoms with van der Waals surface area (Å²) in [6.45, 7) is 4.86. The van der Waals surface area contributed by atoms with E-state index < -0.39 is 0 Å². The Hall–Kier alpha value is -0.630. The van der Waals surface area contributed by atoms with E-state index in [4.69, 9.17) is 4.74 Å². The highest BCUT2D eigenvalue weighted by Crippen LogP contribution is 2.17. The van der Waals surface area contributed by atoms with E-state index in [2.05, 4.69) is 30.3 Å². The van der Waals surface area contributed by atoms with Gasteiger partial charge in [-0.15, -0.1) is 0 Å². The molecule has 0 aliphatic carbocycles. The number of hydrogen-bond donors (Lipinski definition) is 1. The van der Waals surface area contributed by atoms with Gasteiger partial charge in [0.25, 0.3) is 0 Å². The molecule has 0 aromatic carbocycles. The van der Waals surface area contributed by atoms with E-state index in [9.17, 15) is 5.26 Å². The molecule has 0 radical (unpaired) electrons. The molecule has 2 atom stereocenters. The Labute approximate surface area is 105 Å². The van der Waals surface area contributed by atoms with Crippen LogP contribution in [0.4, 0.5) is 0 Å². The van der Waals surface area contributed by atoms with Crippen molar-refractivity contribution in [3.8, 4) is 6.07 Å². The lowest BCUT2D eigenvalue weighted by molar-refractivity contribution is 0.157. The molecule has 1 rings (SSSR count). The minimum Gasteiger partial charge on any atom is -0.380 e. The Bertz CT molecular complexity index is 252. The molecule has 0 spiro atoms. The summed E-state index contributed by atoms with van der Waals surface area (Å²) >= 11 is 0. The third kappa shape index (κ3) is 3.95. The first-order chi connectivity index (χ1) is 8.17. The van der Waals surface area contributed by atoms with Crippen molar-refractivity contribution in [3.63, 3.8) is 0 Å². The second-order valence-electron chi connectivity index (χ2n) is 4.90. The minimum atomic E-state index is -0.340. The Morgan fingerprint density at radius 1 is 1.59 bits per heavy atom. The van der Waals surface area contributed by atoms with Crippen molar-refractivity contribution in [1.29, 1.82) is 5.26 Å². The van der Waals surface area contributed by atoms with Crippen LogP contribution in [0.2, 0.25) is 0 Å². The second kappa shape index (κ2) is 6.95. The van der Waals surface area contributed by atoms with Gasteiger partial charge in [-0.05, 0) is 46.3 Å². The molecular weight excluding hydrogens is 214 g/mol. The van der Waals surface area contributed by atoms with Gasteiger partial charge in [0.15, 0.2) is 0 Å². The number of nitriles is 1. The molecule has 0 aromatic rings. The van der Waals surface area contributed by atoms with Crippen LogP contribution >= 0.6 is 0 Å². The molecule has 1 fully saturated rings. The van der Waals surface area contributed by atoms with Crippen LogP contribution < -0.4 is 5.32 Å². The first-order valence-electron chi connectivity index (χ1n) is 6.55. The molecule has 1 heterocycles. The predicted molar refractivity (Wildman–Crippen MR) is 68.8 cm³/mol. The average molecular weight is 239 g/mol. The third-order valence-corrected chi connectivity index (χ3v) is 3.94. The van der Waals surface area contributed by atoms with Crippen LogP contribution in [0, 0.1) is 11.3 Å². The molecule has 98 valence electrons. The first-order valence-corrected chi connectivity index (χ1v) is 6.55. The standard InChI is InChI=1S/C13H25N3O/c1-4-13(11-14,15-2)7-5-8-16(3)12-6-9-17-10-12/h12,15H,4-10H2,1-3H3. The topological polar surface area (TPSA) is 48.3 Å². The average Bonchev–Trinajstić information content (AvgIpc) is 2.89. The van der Waals surface area contributed by atoms with Crippen LogP contribution in [0.1, 0.15) is 32.6 Å². The smallest absolute Gasteiger partial charge is 0.106 e. The monoisotopic (exact) mass is 239 g/mol. The van der Waals surface area contributed by atoms with Gasteiger partial charge in [0.2, 0.25) is 0 Å². The fourth-order valence-electron chi connectivity index (χ4n) is 2.35. The van der Waals surface area contributed by atoms with Crippen LogP contribution in [0.5, 0.6) is 0 Å². The minimum absolute atomic E-state index is 0.340. The fourth-order valence-corrected chi connectivity index (χ4v) is 2.35. The summed E-state index contributed by atoms with van der Waals surface area (Å²) in [5.74, 6) is 0. The van der Waals surface area contributed by atoms with E-state index in [1.165, 1.54) is 0 Å². The Balaban J connectivity index is 2.28. The van der Waals surface area contributed by atoms with Gasteiger partial charge in [-0.2, -0.15) is 5.26 Å². The van der Waals surface area contributed by atoms with E-state index in [1.54, 1.807) is 0 Å². The van der Waals surface area contributed by atoms with Crippen molar-refractivity contribution in [2.45, 2.75) is 44.2 Å². The van der Waals surface area contributed by atoms with Crippen LogP contribution in [0.3, 0.4) is 0 Å². The maximum atomic E-state index is 9.21. The van der Waals surface area contributed by atoms with Crippen LogP contribution in [0.25, 0.3) is 0 Å². The molecule has 0 amide bonds. The molecule has 1 aliphatic heterocycles. The lowest BCUT2D eigenvalue weighted by Crippen LogP contribution is -2.42. The predicted octanol–water partition coefficient (Wildman–Crippen LogP) is 1.38. The van der Waals surface area contributed by atoms with Gasteiger partial charge in [-0.25, -0.2) is 0 Å². The molecule has 0 bridgehead atoms. The molecule has 1 saturated heterocycles. The van der Waals surface area contributed by atoms with Crippen LogP contribution in [-0.2, 0) is 4.74 Å². The van der Waals surface area contributed by atoms with Gasteiger partial charge in [0.05, 0.1) is 12.7 Å². The summed E-state index contributed by atoms with van der Waals surface area (Å²) in [4.78, 5) is 2.36. The Morgan fingerprint density at radius 3 is 2.82 bits per heavy atom. The van der Waals surface area contributed by atoms with Crippen molar-refractivity contribution in [1.82, 2.24) is 10.2 Å². The molecular formula is C13H25N3O. The number of hydrogen-bond acceptors (Lipinski definition) is 4. The van der Waals surface area contributed by atoms with E-state index in [-0.39, 0.29) is 5.54 Å². The van der Waals surface area contributed by atoms with Gasteiger partial charge in [-0.3, -0.25) is 0 Å². The fraction of sp³-hybridized carbons (Fsp3) is 0.923. The highest BCUT2D eigenvalue weighted by molar-refractivity contribution is 5.05. The SMILES string of the molecule is CCC(C#N)(CCCN(C)C1CCOC1)NC. The van der Waals surface area contributed by atoms with E-state index in [0.717, 1.165) is 45.4 Å². The Kier molecular flexibility index (Phi) is 5.90. The molecule has 1 N–H and O–H groups in total. The summed E-state index contributed by atoms with van der Waals surface area (Å²) in [7, 11) is 4.03. The third-order valence-electron chi connectivity index (χ3n) is 3.94. The number of ether oxygens (including phenoxy) is 1. The van der Waals surface area contributed by atoms with Crippen LogP contribution in [0.15, 0.2) is 0 Å². The number of likely N-dealkylation sites (N-methyl/N-ethyl adjacent to an activating group) is 1. The van der Waals surface area contributed by atoms with Crippen molar-refractivity contribution in [3.05, 3.63) is 0 Å². The van der Waals surface area contributed by atoms with Gasteiger partial charge >= 0.3 is 0 Å². The Morgan fingerprint density at radius 2 is 2.35 bits per heavy atom. The molecule has 4 heteroatoms. The van der Waals surface area contributed by atoms with E-state index >= 15 is 0 Å². The van der Waals surface area contributed by atoms with Crippen molar-refractivity contribution in [2.24, 2.45) is 0 Å². The van der Waals surface area contributed by atoms with E-state index in [0.29, 0.717) is 6.04 Å². The summed E-state index contributed by atoms with van der Waals surface area (Å²) in [6.07, 6.45) is 3.96. The quantitative estimate of drug-likeness (QED) is 0.729. The van der Waals surface area contributed by atoms with Gasteiger partial charge in [0, 0.05) is 12.6 Å². The highest BCUT2D eigenvalue weighted by atomic mass is 16.5. The zero-order chi connectivity index (χ0) is 12.7. The maximum Gasteiger partial charge on any atom is 0.106 e. The highest BCUT2D eigenvalue weighted by Gasteiger charge is 2.26. The molecule has 17 heavy (non-hydrogen) atoms. The number of nitrogens with zero attached hydrogens (tertiary/aromatic N) is 2. The first kappa shape index (κ1) is 14.4. The van der Waals surface area contributed by atoms with Crippen molar-refractivity contribution in [2.75, 3.05) is 33.9 Å². The summed E-state index contributed by atoms with van der Waals surface area (Å²) in [5.41, 5.74) is -0.340. The normalized spacial score (nSPS) is 23.6. The second-order valence-corrected chi connectivity index (χ2v) is 4.90. The van der Waals surface area contributed by atoms with Crippen molar-refractivity contribution >= 4 is 0 Å². The number of nitrogens with one attached hydrogen (secondary N) is 1. The lowest BCUT2D eigenvalue weighted by atomic mass is 9.92. The molecule has 0 saturated carbocycles. The maximum absolute atomic E-state index is 9.21. The molecule has 0 aromatic heterocycles. The molecule has 2 unspecified atom stereocenters. The van der Waals surface area contributed by atoms with E-state index in [1.807, 2.05) is 7.05 Å². The van der Waals surface area contributed by atoms with Gasteiger partial charge in [-0.1, -0.05) is 6.92 Å². The zero-order valence-electron chi connectivity index (χ0n) is 11.3.